The Kier molecular flexibility index (Phi) is 44.2. The number of aliphatic hydroxyl groups excluding tert-OH is 2. The Morgan fingerprint density at radius 1 is 0.508 bits per heavy atom. The fourth-order valence-corrected chi connectivity index (χ4v) is 7.14. The van der Waals surface area contributed by atoms with E-state index >= 15 is 0 Å². The molecule has 0 fully saturated rings. The number of carbonyl (C=O) groups is 2. The number of unbranched alkanes of at least 4 members (excludes halogenated alkanes) is 23. The summed E-state index contributed by atoms with van der Waals surface area (Å²) in [5.74, 6) is -0.543. The minimum absolute atomic E-state index is 0.0452. The molecule has 6 nitrogen and oxygen atoms in total. The van der Waals surface area contributed by atoms with Crippen molar-refractivity contribution in [2.24, 2.45) is 0 Å². The molecule has 0 aromatic heterocycles. The van der Waals surface area contributed by atoms with E-state index in [9.17, 15) is 19.8 Å². The van der Waals surface area contributed by atoms with Crippen molar-refractivity contribution in [2.75, 3.05) is 6.61 Å². The van der Waals surface area contributed by atoms with Crippen LogP contribution in [0.5, 0.6) is 0 Å². The van der Waals surface area contributed by atoms with Gasteiger partial charge in [0.05, 0.1) is 25.2 Å². The summed E-state index contributed by atoms with van der Waals surface area (Å²) in [6.45, 7) is 6.29. The Morgan fingerprint density at radius 3 is 1.44 bits per heavy atom. The van der Waals surface area contributed by atoms with Gasteiger partial charge in [0.15, 0.2) is 0 Å². The van der Waals surface area contributed by atoms with Gasteiger partial charge in [-0.15, -0.1) is 0 Å². The fourth-order valence-electron chi connectivity index (χ4n) is 7.14. The topological polar surface area (TPSA) is 95.9 Å². The van der Waals surface area contributed by atoms with E-state index in [1.807, 2.05) is 30.4 Å². The Hall–Kier alpha value is -2.70. The SMILES string of the molecule is CC/C=C/C=C/C=C\C=C/CCCCCC(=O)OC(CCCCCC/C=C/C=C/CCCCC)CC(=O)NC(CO)C(O)CCCCCCCCCCCCCCCC. The van der Waals surface area contributed by atoms with Crippen LogP contribution in [0.2, 0.25) is 0 Å². The molecule has 0 radical (unpaired) electrons. The molecular weight excluding hydrogens is 731 g/mol. The molecule has 0 aromatic carbocycles. The minimum atomic E-state index is -0.802. The first-order valence-corrected chi connectivity index (χ1v) is 24.7. The summed E-state index contributed by atoms with van der Waals surface area (Å²) in [7, 11) is 0. The molecule has 340 valence electrons. The minimum Gasteiger partial charge on any atom is -0.462 e. The number of carbonyl (C=O) groups excluding carboxylic acids is 2. The molecule has 0 aliphatic rings. The lowest BCUT2D eigenvalue weighted by Gasteiger charge is -2.24. The lowest BCUT2D eigenvalue weighted by atomic mass is 10.0. The molecule has 0 spiro atoms. The third-order valence-electron chi connectivity index (χ3n) is 10.9. The molecular formula is C53H93NO5. The van der Waals surface area contributed by atoms with Crippen LogP contribution in [-0.4, -0.2) is 46.9 Å². The number of aliphatic hydroxyl groups is 2. The van der Waals surface area contributed by atoms with Crippen molar-refractivity contribution in [1.82, 2.24) is 5.32 Å². The predicted octanol–water partition coefficient (Wildman–Crippen LogP) is 14.6. The Bertz CT molecular complexity index is 1110. The van der Waals surface area contributed by atoms with Gasteiger partial charge in [0.25, 0.3) is 0 Å². The number of amides is 1. The average Bonchev–Trinajstić information content (AvgIpc) is 3.23. The number of ether oxygens (including phenoxy) is 1. The van der Waals surface area contributed by atoms with Gasteiger partial charge in [0.1, 0.15) is 6.10 Å². The van der Waals surface area contributed by atoms with Crippen LogP contribution in [-0.2, 0) is 14.3 Å². The van der Waals surface area contributed by atoms with Gasteiger partial charge in [-0.2, -0.15) is 0 Å². The van der Waals surface area contributed by atoms with Crippen LogP contribution in [0.1, 0.15) is 226 Å². The number of hydrogen-bond donors (Lipinski definition) is 3. The molecule has 0 heterocycles. The molecule has 0 bridgehead atoms. The molecule has 59 heavy (non-hydrogen) atoms. The van der Waals surface area contributed by atoms with Crippen LogP contribution < -0.4 is 5.32 Å². The van der Waals surface area contributed by atoms with Gasteiger partial charge in [-0.05, 0) is 70.6 Å². The zero-order valence-electron chi connectivity index (χ0n) is 38.6. The van der Waals surface area contributed by atoms with Gasteiger partial charge < -0.3 is 20.3 Å². The number of rotatable bonds is 43. The zero-order chi connectivity index (χ0) is 43.1. The second-order valence-electron chi connectivity index (χ2n) is 16.6. The second kappa shape index (κ2) is 46.4. The molecule has 0 aliphatic heterocycles. The lowest BCUT2D eigenvalue weighted by molar-refractivity contribution is -0.151. The molecule has 3 atom stereocenters. The van der Waals surface area contributed by atoms with Crippen molar-refractivity contribution in [3.63, 3.8) is 0 Å². The summed E-state index contributed by atoms with van der Waals surface area (Å²) in [6, 6.07) is -0.719. The summed E-state index contributed by atoms with van der Waals surface area (Å²) < 4.78 is 5.89. The highest BCUT2D eigenvalue weighted by molar-refractivity contribution is 5.77. The van der Waals surface area contributed by atoms with Gasteiger partial charge >= 0.3 is 5.97 Å². The van der Waals surface area contributed by atoms with Crippen molar-refractivity contribution >= 4 is 11.9 Å². The standard InChI is InChI=1S/C53H93NO5/c1-4-7-10-13-16-19-22-25-28-30-33-36-39-42-45-51(56)50(48-55)54-52(57)47-49(44-41-38-35-32-29-26-23-20-17-14-11-8-5-2)59-53(58)46-43-40-37-34-31-27-24-21-18-15-12-9-6-3/h9,12,15,17-18,20-21,23-24,26-27,31,49-51,55-56H,4-8,10-11,13-14,16,19,22,25,28-30,32-48H2,1-3H3,(H,54,57)/b12-9+,18-15+,20-17+,24-21-,26-23+,31-27-. The zero-order valence-corrected chi connectivity index (χ0v) is 38.6. The number of allylic oxidation sites excluding steroid dienone is 12. The lowest BCUT2D eigenvalue weighted by Crippen LogP contribution is -2.46. The number of esters is 1. The summed E-state index contributed by atoms with van der Waals surface area (Å²) in [5, 5.41) is 23.7. The van der Waals surface area contributed by atoms with Crippen LogP contribution in [0.4, 0.5) is 0 Å². The first kappa shape index (κ1) is 56.3. The van der Waals surface area contributed by atoms with E-state index in [0.29, 0.717) is 19.3 Å². The third-order valence-corrected chi connectivity index (χ3v) is 10.9. The molecule has 0 aliphatic carbocycles. The summed E-state index contributed by atoms with van der Waals surface area (Å²) in [4.78, 5) is 26.1. The second-order valence-corrected chi connectivity index (χ2v) is 16.6. The summed E-state index contributed by atoms with van der Waals surface area (Å²) in [5.41, 5.74) is 0. The first-order valence-electron chi connectivity index (χ1n) is 24.7. The van der Waals surface area contributed by atoms with Crippen molar-refractivity contribution in [1.29, 1.82) is 0 Å². The van der Waals surface area contributed by atoms with Gasteiger partial charge in [-0.1, -0.05) is 216 Å². The maximum absolute atomic E-state index is 13.2. The van der Waals surface area contributed by atoms with Crippen molar-refractivity contribution in [2.45, 2.75) is 244 Å². The summed E-state index contributed by atoms with van der Waals surface area (Å²) >= 11 is 0. The highest BCUT2D eigenvalue weighted by atomic mass is 16.5. The monoisotopic (exact) mass is 824 g/mol. The van der Waals surface area contributed by atoms with Crippen LogP contribution >= 0.6 is 0 Å². The highest BCUT2D eigenvalue weighted by Crippen LogP contribution is 2.17. The van der Waals surface area contributed by atoms with Crippen LogP contribution in [0.3, 0.4) is 0 Å². The van der Waals surface area contributed by atoms with E-state index in [0.717, 1.165) is 89.9 Å². The maximum atomic E-state index is 13.2. The molecule has 3 N–H and O–H groups in total. The van der Waals surface area contributed by atoms with E-state index < -0.39 is 18.2 Å². The highest BCUT2D eigenvalue weighted by Gasteiger charge is 2.24. The largest absolute Gasteiger partial charge is 0.462 e. The Balaban J connectivity index is 4.67. The molecule has 0 saturated carbocycles. The predicted molar refractivity (Wildman–Crippen MR) is 255 cm³/mol. The third kappa shape index (κ3) is 41.8. The van der Waals surface area contributed by atoms with E-state index in [1.54, 1.807) is 0 Å². The van der Waals surface area contributed by atoms with Gasteiger partial charge in [-0.25, -0.2) is 0 Å². The normalized spacial score (nSPS) is 13.9. The molecule has 0 aromatic rings. The molecule has 6 heteroatoms. The quantitative estimate of drug-likeness (QED) is 0.0323. The van der Waals surface area contributed by atoms with E-state index in [2.05, 4.69) is 68.6 Å². The van der Waals surface area contributed by atoms with E-state index in [4.69, 9.17) is 4.74 Å². The Labute approximate surface area is 364 Å². The smallest absolute Gasteiger partial charge is 0.306 e. The molecule has 0 saturated heterocycles. The maximum Gasteiger partial charge on any atom is 0.306 e. The fraction of sp³-hybridized carbons (Fsp3) is 0.736. The van der Waals surface area contributed by atoms with Gasteiger partial charge in [0, 0.05) is 6.42 Å². The van der Waals surface area contributed by atoms with Crippen molar-refractivity contribution in [3.05, 3.63) is 72.9 Å². The van der Waals surface area contributed by atoms with E-state index in [-0.39, 0.29) is 24.9 Å². The van der Waals surface area contributed by atoms with Crippen molar-refractivity contribution < 1.29 is 24.5 Å². The van der Waals surface area contributed by atoms with Crippen LogP contribution in [0.15, 0.2) is 72.9 Å². The molecule has 0 rings (SSSR count). The Morgan fingerprint density at radius 2 is 0.915 bits per heavy atom. The first-order chi connectivity index (χ1) is 29.0. The van der Waals surface area contributed by atoms with Crippen LogP contribution in [0, 0.1) is 0 Å². The number of nitrogens with one attached hydrogen (secondary N) is 1. The molecule has 1 amide bonds. The summed E-state index contributed by atoms with van der Waals surface area (Å²) in [6.07, 6.45) is 58.1. The van der Waals surface area contributed by atoms with E-state index in [1.165, 1.54) is 89.9 Å². The van der Waals surface area contributed by atoms with Crippen LogP contribution in [0.25, 0.3) is 0 Å². The molecule has 3 unspecified atom stereocenters. The average molecular weight is 824 g/mol. The van der Waals surface area contributed by atoms with Gasteiger partial charge in [0.2, 0.25) is 5.91 Å². The number of hydrogen-bond acceptors (Lipinski definition) is 5. The van der Waals surface area contributed by atoms with Gasteiger partial charge in [-0.3, -0.25) is 9.59 Å². The van der Waals surface area contributed by atoms with Crippen molar-refractivity contribution in [3.8, 4) is 0 Å².